The molecule has 2 rings (SSSR count). The summed E-state index contributed by atoms with van der Waals surface area (Å²) in [5.41, 5.74) is 0. The highest BCUT2D eigenvalue weighted by Crippen LogP contribution is 2.55. The molecule has 7 heavy (non-hydrogen) atoms. The van der Waals surface area contributed by atoms with Gasteiger partial charge in [0.05, 0.1) is 0 Å². The second-order valence-corrected chi connectivity index (χ2v) is 14.8. The normalized spacial score (nSPS) is 34.9. The summed E-state index contributed by atoms with van der Waals surface area (Å²) in [5, 5.41) is 0. The summed E-state index contributed by atoms with van der Waals surface area (Å²) >= 11 is 0. The minimum absolute atomic E-state index is 0.311. The van der Waals surface area contributed by atoms with E-state index in [-0.39, 0.29) is 0 Å². The molecule has 2 aliphatic rings. The molecule has 0 saturated carbocycles. The zero-order chi connectivity index (χ0) is 4.69. The molecule has 1 unspecified atom stereocenters. The van der Waals surface area contributed by atoms with E-state index in [2.05, 4.69) is 0 Å². The van der Waals surface area contributed by atoms with Gasteiger partial charge in [0.15, 0.2) is 7.56 Å². The topological polar surface area (TPSA) is 0 Å². The first kappa shape index (κ1) is 4.95. The van der Waals surface area contributed by atoms with Crippen molar-refractivity contribution in [2.75, 3.05) is 11.9 Å². The van der Waals surface area contributed by atoms with Crippen LogP contribution in [-0.2, 0) is 0 Å². The van der Waals surface area contributed by atoms with Gasteiger partial charge in [-0.05, 0) is 7.41 Å². The van der Waals surface area contributed by atoms with Gasteiger partial charge in [-0.15, -0.1) is 0 Å². The van der Waals surface area contributed by atoms with Gasteiger partial charge in [0.2, 0.25) is 0 Å². The van der Waals surface area contributed by atoms with Crippen LogP contribution in [0, 0.1) is 0 Å². The fourth-order valence-corrected chi connectivity index (χ4v) is 29.4. The highest BCUT2D eigenvalue weighted by molar-refractivity contribution is 8.33. The predicted octanol–water partition coefficient (Wildman–Crippen LogP) is 2.75. The van der Waals surface area contributed by atoms with Crippen molar-refractivity contribution in [3.63, 3.8) is 0 Å². The van der Waals surface area contributed by atoms with E-state index in [9.17, 15) is 0 Å². The summed E-state index contributed by atoms with van der Waals surface area (Å²) in [6.45, 7) is 0. The van der Waals surface area contributed by atoms with Crippen molar-refractivity contribution in [1.82, 2.24) is 0 Å². The van der Waals surface area contributed by atoms with Gasteiger partial charge in [0, 0.05) is 6.04 Å². The summed E-state index contributed by atoms with van der Waals surface area (Å²) in [4.78, 5) is 0. The van der Waals surface area contributed by atoms with Crippen molar-refractivity contribution in [3.05, 3.63) is 0 Å². The maximum atomic E-state index is 1.87. The van der Waals surface area contributed by atoms with Gasteiger partial charge < -0.3 is 0 Å². The van der Waals surface area contributed by atoms with Crippen LogP contribution in [0.15, 0.2) is 0 Å². The largest absolute Gasteiger partial charge is 0.172 e. The van der Waals surface area contributed by atoms with Crippen molar-refractivity contribution in [2.45, 2.75) is 6.04 Å². The van der Waals surface area contributed by atoms with Gasteiger partial charge >= 0.3 is 0 Å². The van der Waals surface area contributed by atoms with Crippen LogP contribution in [0.1, 0.15) is 0 Å². The first-order valence-corrected chi connectivity index (χ1v) is 10.1. The molecule has 0 spiro atoms. The molecule has 0 N–H and O–H groups in total. The Morgan fingerprint density at radius 1 is 1.57 bits per heavy atom. The molecule has 1 atom stereocenters. The minimum Gasteiger partial charge on any atom is -0.0244 e. The fourth-order valence-electron chi connectivity index (χ4n) is 0.911. The van der Waals surface area contributed by atoms with Crippen molar-refractivity contribution in [3.8, 4) is 0 Å². The summed E-state index contributed by atoms with van der Waals surface area (Å²) in [6, 6.07) is 1.67. The summed E-state index contributed by atoms with van der Waals surface area (Å²) in [7, 11) is 4.67. The lowest BCUT2D eigenvalue weighted by molar-refractivity contribution is 1.50. The van der Waals surface area contributed by atoms with E-state index in [1.54, 1.807) is 18.0 Å². The molecule has 4 heteroatoms. The molecule has 2 bridgehead atoms. The average Bonchev–Trinajstić information content (AvgIpc) is 2.22. The zero-order valence-electron chi connectivity index (χ0n) is 3.96. The summed E-state index contributed by atoms with van der Waals surface area (Å²) < 4.78 is 0. The number of rotatable bonds is 0. The first-order chi connectivity index (χ1) is 3.45. The molecule has 0 nitrogen and oxygen atoms in total. The Hall–Kier alpha value is 1.12. The quantitative estimate of drug-likeness (QED) is 0.380. The Bertz CT molecular complexity index is 142. The van der Waals surface area contributed by atoms with Crippen molar-refractivity contribution >= 4 is 30.2 Å². The van der Waals surface area contributed by atoms with E-state index in [1.807, 2.05) is 15.0 Å². The van der Waals surface area contributed by atoms with E-state index >= 15 is 0 Å². The highest BCUT2D eigenvalue weighted by Gasteiger charge is 2.28. The third-order valence-corrected chi connectivity index (χ3v) is 20.6. The zero-order valence-corrected chi connectivity index (χ0v) is 7.65. The molecular formula is C3H6P3Si+. The van der Waals surface area contributed by atoms with Gasteiger partial charge in [-0.25, -0.2) is 0 Å². The lowest BCUT2D eigenvalue weighted by Crippen LogP contribution is -1.87. The van der Waals surface area contributed by atoms with Crippen LogP contribution in [0.5, 0.6) is 0 Å². The molecule has 2 heterocycles. The Morgan fingerprint density at radius 3 is 2.71 bits per heavy atom. The lowest BCUT2D eigenvalue weighted by Gasteiger charge is -1.75. The monoisotopic (exact) mass is 163 g/mol. The molecule has 36 valence electrons. The Morgan fingerprint density at radius 2 is 2.57 bits per heavy atom. The second kappa shape index (κ2) is 1.81. The average molecular weight is 163 g/mol. The van der Waals surface area contributed by atoms with Crippen molar-refractivity contribution < 1.29 is 0 Å². The van der Waals surface area contributed by atoms with Crippen molar-refractivity contribution in [2.24, 2.45) is 0 Å². The Labute approximate surface area is 48.8 Å². The second-order valence-electron chi connectivity index (χ2n) is 1.89. The maximum absolute atomic E-state index is 1.87. The minimum atomic E-state index is 0.311. The van der Waals surface area contributed by atoms with Crippen molar-refractivity contribution in [1.29, 1.82) is 0 Å². The molecule has 0 radical (unpaired) electrons. The van der Waals surface area contributed by atoms with Gasteiger partial charge in [-0.1, -0.05) is 0 Å². The molecule has 0 aromatic heterocycles. The van der Waals surface area contributed by atoms with Crippen LogP contribution in [0.25, 0.3) is 0 Å². The summed E-state index contributed by atoms with van der Waals surface area (Å²) in [5.74, 6) is 1.73. The standard InChI is InChI=1S/C3H6P3Si/c1-2-7-3-6(1)4-5-7/h1-3H2/q+1. The number of hydrogen-bond acceptors (Lipinski definition) is 0. The smallest absolute Gasteiger partial charge is 0.0244 e. The first-order valence-electron chi connectivity index (χ1n) is 2.46. The van der Waals surface area contributed by atoms with E-state index in [1.165, 1.54) is 0 Å². The van der Waals surface area contributed by atoms with Crippen LogP contribution in [0.2, 0.25) is 6.04 Å². The third-order valence-electron chi connectivity index (χ3n) is 1.34. The van der Waals surface area contributed by atoms with E-state index < -0.39 is 0 Å². The molecular weight excluding hydrogens is 157 g/mol. The molecule has 1 fully saturated rings. The number of hydrogen-bond donors (Lipinski definition) is 0. The third kappa shape index (κ3) is 0.815. The SMILES string of the molecule is C1C[P+]2=PP=[Si]1C2. The van der Waals surface area contributed by atoms with Gasteiger partial charge in [-0.2, -0.15) is 0 Å². The lowest BCUT2D eigenvalue weighted by atomic mass is 11.0. The van der Waals surface area contributed by atoms with Crippen LogP contribution < -0.4 is 0 Å². The molecule has 2 aliphatic heterocycles. The van der Waals surface area contributed by atoms with Crippen LogP contribution in [0.3, 0.4) is 0 Å². The molecule has 0 aromatic rings. The fraction of sp³-hybridized carbons (Fsp3) is 1.00. The molecule has 1 saturated heterocycles. The summed E-state index contributed by atoms with van der Waals surface area (Å²) in [6.07, 6.45) is 1.65. The van der Waals surface area contributed by atoms with Gasteiger partial charge in [0.25, 0.3) is 0 Å². The van der Waals surface area contributed by atoms with Crippen LogP contribution in [-0.4, -0.2) is 20.0 Å². The van der Waals surface area contributed by atoms with Gasteiger partial charge in [-0.3, -0.25) is 0 Å². The van der Waals surface area contributed by atoms with E-state index in [4.69, 9.17) is 0 Å². The molecule has 0 aromatic carbocycles. The number of fused-ring (bicyclic) bond motifs is 2. The molecule has 0 aliphatic carbocycles. The van der Waals surface area contributed by atoms with Gasteiger partial charge in [0.1, 0.15) is 27.2 Å². The van der Waals surface area contributed by atoms with E-state index in [0.717, 1.165) is 0 Å². The van der Waals surface area contributed by atoms with Crippen LogP contribution in [0.4, 0.5) is 0 Å². The Balaban J connectivity index is 2.45. The van der Waals surface area contributed by atoms with E-state index in [0.29, 0.717) is 15.3 Å². The molecule has 0 amide bonds. The maximum Gasteiger partial charge on any atom is 0.172 e. The van der Waals surface area contributed by atoms with Crippen LogP contribution >= 0.6 is 22.2 Å². The highest BCUT2D eigenvalue weighted by atomic mass is 32.3. The predicted molar refractivity (Wildman–Crippen MR) is 41.1 cm³/mol. The Kier molecular flexibility index (Phi) is 1.28.